The minimum atomic E-state index is -0.754. The summed E-state index contributed by atoms with van der Waals surface area (Å²) >= 11 is 1.77. The zero-order chi connectivity index (χ0) is 21.5. The highest BCUT2D eigenvalue weighted by Crippen LogP contribution is 2.36. The average Bonchev–Trinajstić information content (AvgIpc) is 3.34. The van der Waals surface area contributed by atoms with Gasteiger partial charge in [-0.15, -0.1) is 11.8 Å². The van der Waals surface area contributed by atoms with E-state index >= 15 is 0 Å². The molecule has 1 unspecified atom stereocenters. The first-order valence-corrected chi connectivity index (χ1v) is 11.8. The van der Waals surface area contributed by atoms with Crippen molar-refractivity contribution in [2.75, 3.05) is 31.3 Å². The van der Waals surface area contributed by atoms with E-state index in [0.29, 0.717) is 18.7 Å². The number of aromatic nitrogens is 1. The third-order valence-electron chi connectivity index (χ3n) is 6.41. The fraction of sp³-hybridized carbons (Fsp3) is 0.636. The van der Waals surface area contributed by atoms with E-state index in [1.54, 1.807) is 25.6 Å². The molecule has 1 atom stereocenters. The van der Waals surface area contributed by atoms with Crippen molar-refractivity contribution in [3.05, 3.63) is 29.1 Å². The summed E-state index contributed by atoms with van der Waals surface area (Å²) in [5, 5.41) is 0. The van der Waals surface area contributed by atoms with Gasteiger partial charge in [-0.1, -0.05) is 0 Å². The highest BCUT2D eigenvalue weighted by molar-refractivity contribution is 7.99. The Morgan fingerprint density at radius 1 is 1.17 bits per heavy atom. The van der Waals surface area contributed by atoms with Crippen molar-refractivity contribution in [2.24, 2.45) is 5.92 Å². The molecular formula is C22H29N3O4S. The molecule has 1 aromatic rings. The second-order valence-corrected chi connectivity index (χ2v) is 10.00. The maximum atomic E-state index is 13.0. The molecule has 3 fully saturated rings. The lowest BCUT2D eigenvalue weighted by molar-refractivity contribution is -0.149. The van der Waals surface area contributed by atoms with Crippen molar-refractivity contribution in [3.8, 4) is 0 Å². The number of rotatable bonds is 3. The number of ether oxygens (including phenoxy) is 1. The molecule has 162 valence electrons. The van der Waals surface area contributed by atoms with Gasteiger partial charge in [0.1, 0.15) is 5.60 Å². The second-order valence-electron chi connectivity index (χ2n) is 8.93. The van der Waals surface area contributed by atoms with E-state index in [0.717, 1.165) is 42.4 Å². The van der Waals surface area contributed by atoms with Gasteiger partial charge in [-0.2, -0.15) is 0 Å². The van der Waals surface area contributed by atoms with Gasteiger partial charge >= 0.3 is 5.97 Å². The van der Waals surface area contributed by atoms with Crippen LogP contribution >= 0.6 is 11.8 Å². The number of aryl methyl sites for hydroxylation is 1. The topological polar surface area (TPSA) is 79.8 Å². The van der Waals surface area contributed by atoms with Crippen LogP contribution in [0.4, 0.5) is 0 Å². The molecule has 1 aromatic heterocycles. The van der Waals surface area contributed by atoms with Gasteiger partial charge < -0.3 is 14.5 Å². The second kappa shape index (κ2) is 8.21. The largest absolute Gasteiger partial charge is 0.459 e. The summed E-state index contributed by atoms with van der Waals surface area (Å²) in [7, 11) is 0. The minimum absolute atomic E-state index is 0.00751. The first kappa shape index (κ1) is 21.2. The summed E-state index contributed by atoms with van der Waals surface area (Å²) in [6.07, 6.45) is 1.68. The smallest absolute Gasteiger partial charge is 0.307 e. The van der Waals surface area contributed by atoms with Crippen molar-refractivity contribution in [1.82, 2.24) is 14.8 Å². The molecule has 0 N–H and O–H groups in total. The summed E-state index contributed by atoms with van der Waals surface area (Å²) in [5.74, 6) is 1.18. The van der Waals surface area contributed by atoms with Crippen molar-refractivity contribution >= 4 is 29.5 Å². The molecule has 2 amide bonds. The lowest BCUT2D eigenvalue weighted by atomic mass is 9.86. The number of piperidine rings is 1. The number of hydrogen-bond donors (Lipinski definition) is 0. The van der Waals surface area contributed by atoms with Gasteiger partial charge in [-0.25, -0.2) is 0 Å². The normalized spacial score (nSPS) is 24.2. The molecule has 0 saturated carbocycles. The van der Waals surface area contributed by atoms with Crippen LogP contribution in [0.2, 0.25) is 0 Å². The van der Waals surface area contributed by atoms with E-state index in [1.165, 1.54) is 0 Å². The molecule has 7 nitrogen and oxygen atoms in total. The van der Waals surface area contributed by atoms with Crippen molar-refractivity contribution in [1.29, 1.82) is 0 Å². The minimum Gasteiger partial charge on any atom is -0.459 e. The molecule has 0 spiro atoms. The number of carbonyl (C=O) groups excluding carboxylic acids is 3. The number of esters is 1. The quantitative estimate of drug-likeness (QED) is 0.685. The third-order valence-corrected chi connectivity index (χ3v) is 7.38. The molecule has 30 heavy (non-hydrogen) atoms. The molecule has 0 radical (unpaired) electrons. The van der Waals surface area contributed by atoms with Gasteiger partial charge in [-0.05, 0) is 45.7 Å². The Labute approximate surface area is 181 Å². The predicted molar refractivity (Wildman–Crippen MR) is 114 cm³/mol. The molecule has 0 bridgehead atoms. The summed E-state index contributed by atoms with van der Waals surface area (Å²) in [6, 6.07) is 3.81. The van der Waals surface area contributed by atoms with E-state index < -0.39 is 11.5 Å². The SMILES string of the molecule is Cc1ccc(C(=O)N2CCSC2)c(C2CCN(C(=O)C3CC(=O)OC3(C)C)CC2)n1. The standard InChI is InChI=1S/C22H29N3O4S/c1-14-4-5-16(20(27)25-10-11-30-13-25)19(23-14)15-6-8-24(9-7-15)21(28)17-12-18(26)29-22(17,2)3/h4-5,15,17H,6-13H2,1-3H3. The number of cyclic esters (lactones) is 1. The van der Waals surface area contributed by atoms with Gasteiger partial charge in [0, 0.05) is 37.0 Å². The summed E-state index contributed by atoms with van der Waals surface area (Å²) < 4.78 is 5.33. The van der Waals surface area contributed by atoms with Crippen LogP contribution < -0.4 is 0 Å². The molecule has 3 aliphatic rings. The molecular weight excluding hydrogens is 402 g/mol. The van der Waals surface area contributed by atoms with Crippen LogP contribution in [0.1, 0.15) is 60.8 Å². The zero-order valence-electron chi connectivity index (χ0n) is 17.8. The van der Waals surface area contributed by atoms with Crippen molar-refractivity contribution in [2.45, 2.75) is 51.6 Å². The molecule has 3 saturated heterocycles. The maximum Gasteiger partial charge on any atom is 0.307 e. The van der Waals surface area contributed by atoms with E-state index in [1.807, 2.05) is 28.9 Å². The molecule has 0 aliphatic carbocycles. The number of hydrogen-bond acceptors (Lipinski definition) is 6. The number of thioether (sulfide) groups is 1. The van der Waals surface area contributed by atoms with Gasteiger partial charge in [0.25, 0.3) is 5.91 Å². The molecule has 0 aromatic carbocycles. The lowest BCUT2D eigenvalue weighted by Crippen LogP contribution is -2.46. The Bertz CT molecular complexity index is 858. The highest BCUT2D eigenvalue weighted by atomic mass is 32.2. The van der Waals surface area contributed by atoms with E-state index in [9.17, 15) is 14.4 Å². The molecule has 4 rings (SSSR count). The van der Waals surface area contributed by atoms with E-state index in [2.05, 4.69) is 0 Å². The monoisotopic (exact) mass is 431 g/mol. The van der Waals surface area contributed by atoms with Gasteiger partial charge in [-0.3, -0.25) is 19.4 Å². The van der Waals surface area contributed by atoms with Crippen LogP contribution in [0.15, 0.2) is 12.1 Å². The fourth-order valence-corrected chi connectivity index (χ4v) is 5.56. The number of carbonyl (C=O) groups is 3. The fourth-order valence-electron chi connectivity index (χ4n) is 4.61. The van der Waals surface area contributed by atoms with Crippen molar-refractivity contribution in [3.63, 3.8) is 0 Å². The lowest BCUT2D eigenvalue weighted by Gasteiger charge is -2.36. The molecule has 3 aliphatic heterocycles. The highest BCUT2D eigenvalue weighted by Gasteiger charge is 2.48. The first-order valence-electron chi connectivity index (χ1n) is 10.6. The van der Waals surface area contributed by atoms with Crippen LogP contribution in [0.3, 0.4) is 0 Å². The molecule has 8 heteroatoms. The summed E-state index contributed by atoms with van der Waals surface area (Å²) in [4.78, 5) is 46.2. The Morgan fingerprint density at radius 2 is 1.90 bits per heavy atom. The van der Waals surface area contributed by atoms with Gasteiger partial charge in [0.15, 0.2) is 0 Å². The Kier molecular flexibility index (Phi) is 5.79. The third kappa shape index (κ3) is 4.06. The summed E-state index contributed by atoms with van der Waals surface area (Å²) in [6.45, 7) is 7.54. The van der Waals surface area contributed by atoms with Crippen LogP contribution in [-0.4, -0.2) is 69.4 Å². The van der Waals surface area contributed by atoms with Gasteiger partial charge in [0.05, 0.1) is 29.5 Å². The van der Waals surface area contributed by atoms with Crippen LogP contribution in [0, 0.1) is 12.8 Å². The Morgan fingerprint density at radius 3 is 2.50 bits per heavy atom. The van der Waals surface area contributed by atoms with Crippen LogP contribution in [0.5, 0.6) is 0 Å². The van der Waals surface area contributed by atoms with Crippen molar-refractivity contribution < 1.29 is 19.1 Å². The first-order chi connectivity index (χ1) is 14.3. The number of amides is 2. The number of pyridine rings is 1. The Hall–Kier alpha value is -2.09. The number of likely N-dealkylation sites (tertiary alicyclic amines) is 1. The van der Waals surface area contributed by atoms with Crippen LogP contribution in [0.25, 0.3) is 0 Å². The van der Waals surface area contributed by atoms with Crippen LogP contribution in [-0.2, 0) is 14.3 Å². The summed E-state index contributed by atoms with van der Waals surface area (Å²) in [5.41, 5.74) is 1.71. The Balaban J connectivity index is 1.46. The van der Waals surface area contributed by atoms with E-state index in [-0.39, 0.29) is 30.1 Å². The zero-order valence-corrected chi connectivity index (χ0v) is 18.7. The molecule has 4 heterocycles. The predicted octanol–water partition coefficient (Wildman–Crippen LogP) is 2.58. The van der Waals surface area contributed by atoms with E-state index in [4.69, 9.17) is 9.72 Å². The van der Waals surface area contributed by atoms with Gasteiger partial charge in [0.2, 0.25) is 5.91 Å². The average molecular weight is 432 g/mol. The maximum absolute atomic E-state index is 13.0. The number of nitrogens with zero attached hydrogens (tertiary/aromatic N) is 3.